The summed E-state index contributed by atoms with van der Waals surface area (Å²) in [5.41, 5.74) is 9.52. The molecular weight excluding hydrogens is 150 g/mol. The maximum Gasteiger partial charge on any atom is 0.0486 e. The van der Waals surface area contributed by atoms with Crippen LogP contribution in [-0.2, 0) is 0 Å². The van der Waals surface area contributed by atoms with Gasteiger partial charge in [-0.2, -0.15) is 0 Å². The second kappa shape index (κ2) is 3.98. The Balaban J connectivity index is 0.000000810. The molecule has 0 saturated heterocycles. The first-order valence-electron chi connectivity index (χ1n) is 2.65. The first-order chi connectivity index (χ1) is 4.33. The van der Waals surface area contributed by atoms with Gasteiger partial charge in [0.1, 0.15) is 0 Å². The van der Waals surface area contributed by atoms with Gasteiger partial charge in [-0.3, -0.25) is 5.84 Å². The van der Waals surface area contributed by atoms with Gasteiger partial charge in [-0.25, -0.2) is 0 Å². The van der Waals surface area contributed by atoms with Gasteiger partial charge in [0.25, 0.3) is 0 Å². The van der Waals surface area contributed by atoms with E-state index in [2.05, 4.69) is 5.43 Å². The molecule has 4 heteroatoms. The molecule has 0 atom stereocenters. The quantitative estimate of drug-likeness (QED) is 0.325. The summed E-state index contributed by atoms with van der Waals surface area (Å²) in [6.07, 6.45) is 0. The Labute approximate surface area is 65.8 Å². The van der Waals surface area contributed by atoms with Crippen LogP contribution in [-0.4, -0.2) is 0 Å². The lowest BCUT2D eigenvalue weighted by atomic mass is 10.3. The standard InChI is InChI=1S/C6H9N3.ClH/c7-5-1-3-6(9-8)4-2-5;/h1-4,9H,7-8H2;1H. The van der Waals surface area contributed by atoms with Gasteiger partial charge in [0.05, 0.1) is 0 Å². The van der Waals surface area contributed by atoms with E-state index in [1.54, 1.807) is 12.1 Å². The maximum absolute atomic E-state index is 5.41. The molecule has 1 aromatic carbocycles. The number of nitrogens with one attached hydrogen (secondary N) is 1. The predicted molar refractivity (Wildman–Crippen MR) is 45.9 cm³/mol. The molecule has 0 aliphatic rings. The highest BCUT2D eigenvalue weighted by Crippen LogP contribution is 2.07. The highest BCUT2D eigenvalue weighted by Gasteiger charge is 1.84. The zero-order chi connectivity index (χ0) is 6.69. The second-order valence-electron chi connectivity index (χ2n) is 1.77. The van der Waals surface area contributed by atoms with Crippen LogP contribution in [0, 0.1) is 0 Å². The number of hydrazine groups is 1. The lowest BCUT2D eigenvalue weighted by molar-refractivity contribution is 1.35. The maximum atomic E-state index is 5.41. The Morgan fingerprint density at radius 1 is 1.10 bits per heavy atom. The van der Waals surface area contributed by atoms with Crippen LogP contribution in [0.2, 0.25) is 0 Å². The van der Waals surface area contributed by atoms with Crippen LogP contribution in [0.1, 0.15) is 0 Å². The van der Waals surface area contributed by atoms with Gasteiger partial charge < -0.3 is 11.2 Å². The third kappa shape index (κ3) is 2.13. The Hall–Kier alpha value is -0.930. The topological polar surface area (TPSA) is 64.1 Å². The lowest BCUT2D eigenvalue weighted by Gasteiger charge is -1.97. The Morgan fingerprint density at radius 2 is 1.60 bits per heavy atom. The molecule has 0 unspecified atom stereocenters. The van der Waals surface area contributed by atoms with Crippen LogP contribution in [0.25, 0.3) is 0 Å². The average molecular weight is 160 g/mol. The fourth-order valence-corrected chi connectivity index (χ4v) is 0.579. The smallest absolute Gasteiger partial charge is 0.0486 e. The minimum atomic E-state index is 0. The van der Waals surface area contributed by atoms with Crippen molar-refractivity contribution in [3.05, 3.63) is 24.3 Å². The van der Waals surface area contributed by atoms with E-state index < -0.39 is 0 Å². The van der Waals surface area contributed by atoms with E-state index in [0.717, 1.165) is 11.4 Å². The van der Waals surface area contributed by atoms with Crippen molar-refractivity contribution in [2.24, 2.45) is 5.84 Å². The number of nitrogen functional groups attached to an aromatic ring is 2. The molecule has 0 fully saturated rings. The Bertz CT molecular complexity index is 185. The molecular formula is C6H10ClN3. The molecule has 0 aromatic heterocycles. The summed E-state index contributed by atoms with van der Waals surface area (Å²) in [6, 6.07) is 7.20. The molecule has 0 aliphatic heterocycles. The minimum absolute atomic E-state index is 0. The van der Waals surface area contributed by atoms with Gasteiger partial charge in [0.15, 0.2) is 0 Å². The molecule has 0 spiro atoms. The molecule has 0 amide bonds. The third-order valence-corrected chi connectivity index (χ3v) is 1.08. The number of nitrogens with two attached hydrogens (primary N) is 2. The van der Waals surface area contributed by atoms with Crippen LogP contribution in [0.5, 0.6) is 0 Å². The van der Waals surface area contributed by atoms with Crippen molar-refractivity contribution in [2.45, 2.75) is 0 Å². The van der Waals surface area contributed by atoms with Gasteiger partial charge in [0, 0.05) is 11.4 Å². The molecule has 0 saturated carbocycles. The lowest BCUT2D eigenvalue weighted by Crippen LogP contribution is -2.06. The van der Waals surface area contributed by atoms with Gasteiger partial charge in [0.2, 0.25) is 0 Å². The molecule has 1 rings (SSSR count). The molecule has 10 heavy (non-hydrogen) atoms. The summed E-state index contributed by atoms with van der Waals surface area (Å²) >= 11 is 0. The summed E-state index contributed by atoms with van der Waals surface area (Å²) < 4.78 is 0. The molecule has 0 radical (unpaired) electrons. The van der Waals surface area contributed by atoms with Crippen molar-refractivity contribution in [1.82, 2.24) is 0 Å². The average Bonchev–Trinajstić information content (AvgIpc) is 1.90. The highest BCUT2D eigenvalue weighted by molar-refractivity contribution is 5.85. The van der Waals surface area contributed by atoms with E-state index in [1.165, 1.54) is 0 Å². The van der Waals surface area contributed by atoms with Crippen LogP contribution in [0.4, 0.5) is 11.4 Å². The Kier molecular flexibility index (Phi) is 3.61. The predicted octanol–water partition coefficient (Wildman–Crippen LogP) is 0.976. The number of hydrogen-bond donors (Lipinski definition) is 3. The van der Waals surface area contributed by atoms with E-state index in [1.807, 2.05) is 12.1 Å². The van der Waals surface area contributed by atoms with Crippen molar-refractivity contribution in [2.75, 3.05) is 11.2 Å². The van der Waals surface area contributed by atoms with Crippen LogP contribution in [0.3, 0.4) is 0 Å². The number of anilines is 2. The first-order valence-corrected chi connectivity index (χ1v) is 2.65. The monoisotopic (exact) mass is 159 g/mol. The highest BCUT2D eigenvalue weighted by atomic mass is 35.5. The first kappa shape index (κ1) is 9.07. The van der Waals surface area contributed by atoms with Crippen molar-refractivity contribution < 1.29 is 0 Å². The largest absolute Gasteiger partial charge is 0.399 e. The van der Waals surface area contributed by atoms with Crippen LogP contribution < -0.4 is 17.0 Å². The van der Waals surface area contributed by atoms with Gasteiger partial charge in [-0.15, -0.1) is 12.4 Å². The zero-order valence-electron chi connectivity index (χ0n) is 5.37. The number of hydrogen-bond acceptors (Lipinski definition) is 3. The summed E-state index contributed by atoms with van der Waals surface area (Å²) in [5.74, 6) is 5.11. The van der Waals surface area contributed by atoms with Crippen molar-refractivity contribution >= 4 is 23.8 Å². The number of halogens is 1. The molecule has 56 valence electrons. The third-order valence-electron chi connectivity index (χ3n) is 1.08. The van der Waals surface area contributed by atoms with E-state index in [9.17, 15) is 0 Å². The van der Waals surface area contributed by atoms with E-state index in [-0.39, 0.29) is 12.4 Å². The second-order valence-corrected chi connectivity index (χ2v) is 1.77. The van der Waals surface area contributed by atoms with E-state index in [0.29, 0.717) is 0 Å². The van der Waals surface area contributed by atoms with E-state index >= 15 is 0 Å². The normalized spacial score (nSPS) is 8.10. The van der Waals surface area contributed by atoms with Crippen LogP contribution >= 0.6 is 12.4 Å². The molecule has 5 N–H and O–H groups in total. The van der Waals surface area contributed by atoms with Crippen molar-refractivity contribution in [3.63, 3.8) is 0 Å². The number of benzene rings is 1. The molecule has 0 bridgehead atoms. The molecule has 0 aliphatic carbocycles. The van der Waals surface area contributed by atoms with E-state index in [4.69, 9.17) is 11.6 Å². The summed E-state index contributed by atoms with van der Waals surface area (Å²) in [6.45, 7) is 0. The molecule has 0 heterocycles. The fourth-order valence-electron chi connectivity index (χ4n) is 0.579. The van der Waals surface area contributed by atoms with Gasteiger partial charge >= 0.3 is 0 Å². The van der Waals surface area contributed by atoms with Crippen molar-refractivity contribution in [3.8, 4) is 0 Å². The van der Waals surface area contributed by atoms with Crippen molar-refractivity contribution in [1.29, 1.82) is 0 Å². The number of rotatable bonds is 1. The summed E-state index contributed by atoms with van der Waals surface area (Å²) in [5, 5.41) is 0. The fraction of sp³-hybridized carbons (Fsp3) is 0. The Morgan fingerprint density at radius 3 is 2.00 bits per heavy atom. The summed E-state index contributed by atoms with van der Waals surface area (Å²) in [4.78, 5) is 0. The zero-order valence-corrected chi connectivity index (χ0v) is 6.19. The molecule has 1 aromatic rings. The van der Waals surface area contributed by atoms with Gasteiger partial charge in [-0.05, 0) is 24.3 Å². The van der Waals surface area contributed by atoms with Gasteiger partial charge in [-0.1, -0.05) is 0 Å². The minimum Gasteiger partial charge on any atom is -0.399 e. The summed E-state index contributed by atoms with van der Waals surface area (Å²) in [7, 11) is 0. The van der Waals surface area contributed by atoms with Crippen LogP contribution in [0.15, 0.2) is 24.3 Å². The SMILES string of the molecule is Cl.NNc1ccc(N)cc1. The molecule has 3 nitrogen and oxygen atoms in total.